The summed E-state index contributed by atoms with van der Waals surface area (Å²) in [4.78, 5) is 0. The monoisotopic (exact) mass is 345 g/mol. The Morgan fingerprint density at radius 2 is 2.12 bits per heavy atom. The maximum atomic E-state index is 5.79. The van der Waals surface area contributed by atoms with Crippen molar-refractivity contribution in [3.05, 3.63) is 33.0 Å². The summed E-state index contributed by atoms with van der Waals surface area (Å²) in [6.45, 7) is 1.84. The molecule has 84 valence electrons. The lowest BCUT2D eigenvalue weighted by Gasteiger charge is -2.08. The number of tetrazole rings is 1. The van der Waals surface area contributed by atoms with Crippen molar-refractivity contribution < 1.29 is 0 Å². The highest BCUT2D eigenvalue weighted by Crippen LogP contribution is 2.25. The average Bonchev–Trinajstić information content (AvgIpc) is 2.70. The van der Waals surface area contributed by atoms with Gasteiger partial charge in [-0.15, -0.1) is 5.10 Å². The van der Waals surface area contributed by atoms with Crippen LogP contribution in [0.5, 0.6) is 0 Å². The van der Waals surface area contributed by atoms with E-state index in [1.165, 1.54) is 0 Å². The second-order valence-corrected chi connectivity index (χ2v) is 5.10. The molecule has 0 radical (unpaired) electrons. The quantitative estimate of drug-likeness (QED) is 0.905. The number of hydrogen-bond acceptors (Lipinski definition) is 4. The number of benzene rings is 1. The van der Waals surface area contributed by atoms with Gasteiger partial charge < -0.3 is 5.73 Å². The van der Waals surface area contributed by atoms with E-state index in [9.17, 15) is 0 Å². The van der Waals surface area contributed by atoms with Gasteiger partial charge in [0, 0.05) is 8.95 Å². The Bertz CT molecular complexity index is 508. The van der Waals surface area contributed by atoms with Gasteiger partial charge in [-0.3, -0.25) is 0 Å². The molecule has 5 nitrogen and oxygen atoms in total. The average molecular weight is 347 g/mol. The smallest absolute Gasteiger partial charge is 0.173 e. The number of hydrogen-bond donors (Lipinski definition) is 1. The third kappa shape index (κ3) is 2.16. The van der Waals surface area contributed by atoms with E-state index in [0.717, 1.165) is 14.6 Å². The van der Waals surface area contributed by atoms with E-state index in [-0.39, 0.29) is 6.04 Å². The summed E-state index contributed by atoms with van der Waals surface area (Å²) < 4.78 is 3.49. The van der Waals surface area contributed by atoms with E-state index in [1.54, 1.807) is 4.68 Å². The molecule has 0 aliphatic heterocycles. The largest absolute Gasteiger partial charge is 0.321 e. The predicted octanol–water partition coefficient (Wildman–Crippen LogP) is 2.21. The summed E-state index contributed by atoms with van der Waals surface area (Å²) in [5.74, 6) is 0.624. The third-order valence-electron chi connectivity index (χ3n) is 2.04. The van der Waals surface area contributed by atoms with Crippen LogP contribution in [0.2, 0.25) is 0 Å². The highest BCUT2D eigenvalue weighted by molar-refractivity contribution is 9.11. The molecule has 2 rings (SSSR count). The molecule has 0 bridgehead atoms. The highest BCUT2D eigenvalue weighted by atomic mass is 79.9. The van der Waals surface area contributed by atoms with Gasteiger partial charge in [0.15, 0.2) is 5.82 Å². The molecule has 0 aliphatic carbocycles. The van der Waals surface area contributed by atoms with Gasteiger partial charge in [-0.25, -0.2) is 0 Å². The molecule has 7 heteroatoms. The molecule has 1 atom stereocenters. The van der Waals surface area contributed by atoms with Crippen LogP contribution in [0.25, 0.3) is 5.69 Å². The Labute approximate surface area is 109 Å². The second-order valence-electron chi connectivity index (χ2n) is 3.33. The number of aromatic nitrogens is 4. The summed E-state index contributed by atoms with van der Waals surface area (Å²) in [5.41, 5.74) is 6.65. The zero-order valence-electron chi connectivity index (χ0n) is 8.43. The van der Waals surface area contributed by atoms with Crippen LogP contribution in [0.1, 0.15) is 18.8 Å². The van der Waals surface area contributed by atoms with Crippen molar-refractivity contribution in [2.24, 2.45) is 5.73 Å². The molecule has 1 aromatic carbocycles. The topological polar surface area (TPSA) is 69.6 Å². The first-order chi connectivity index (χ1) is 7.59. The molecule has 1 heterocycles. The summed E-state index contributed by atoms with van der Waals surface area (Å²) in [5, 5.41) is 11.5. The molecule has 2 aromatic rings. The lowest BCUT2D eigenvalue weighted by Crippen LogP contribution is -2.13. The first kappa shape index (κ1) is 11.7. The van der Waals surface area contributed by atoms with E-state index in [0.29, 0.717) is 5.82 Å². The molecule has 0 amide bonds. The van der Waals surface area contributed by atoms with Crippen LogP contribution >= 0.6 is 31.9 Å². The molecule has 0 aliphatic rings. The zero-order chi connectivity index (χ0) is 11.7. The Morgan fingerprint density at radius 1 is 1.38 bits per heavy atom. The van der Waals surface area contributed by atoms with Gasteiger partial charge in [0.2, 0.25) is 0 Å². The van der Waals surface area contributed by atoms with E-state index < -0.39 is 0 Å². The lowest BCUT2D eigenvalue weighted by atomic mass is 10.3. The number of nitrogens with two attached hydrogens (primary N) is 1. The highest BCUT2D eigenvalue weighted by Gasteiger charge is 2.14. The minimum atomic E-state index is -0.221. The Kier molecular flexibility index (Phi) is 3.36. The van der Waals surface area contributed by atoms with E-state index in [2.05, 4.69) is 47.4 Å². The van der Waals surface area contributed by atoms with E-state index >= 15 is 0 Å². The van der Waals surface area contributed by atoms with E-state index in [1.807, 2.05) is 25.1 Å². The Morgan fingerprint density at radius 3 is 2.81 bits per heavy atom. The molecule has 0 saturated carbocycles. The number of rotatable bonds is 2. The van der Waals surface area contributed by atoms with Crippen LogP contribution in [0.3, 0.4) is 0 Å². The summed E-state index contributed by atoms with van der Waals surface area (Å²) >= 11 is 6.87. The van der Waals surface area contributed by atoms with E-state index in [4.69, 9.17) is 5.73 Å². The molecule has 16 heavy (non-hydrogen) atoms. The van der Waals surface area contributed by atoms with Gasteiger partial charge in [-0.2, -0.15) is 4.68 Å². The SMILES string of the molecule is CC(N)c1nnnn1-c1cc(Br)ccc1Br. The van der Waals surface area contributed by atoms with Gasteiger partial charge in [-0.1, -0.05) is 15.9 Å². The second kappa shape index (κ2) is 4.60. The van der Waals surface area contributed by atoms with Crippen LogP contribution in [0.15, 0.2) is 27.1 Å². The van der Waals surface area contributed by atoms with Crippen LogP contribution in [-0.2, 0) is 0 Å². The van der Waals surface area contributed by atoms with Crippen LogP contribution < -0.4 is 5.73 Å². The summed E-state index contributed by atoms with van der Waals surface area (Å²) in [7, 11) is 0. The fraction of sp³-hybridized carbons (Fsp3) is 0.222. The van der Waals surface area contributed by atoms with Gasteiger partial charge in [0.25, 0.3) is 0 Å². The van der Waals surface area contributed by atoms with Gasteiger partial charge in [0.1, 0.15) is 0 Å². The normalized spacial score (nSPS) is 12.8. The molecular weight excluding hydrogens is 338 g/mol. The molecule has 1 unspecified atom stereocenters. The van der Waals surface area contributed by atoms with Crippen LogP contribution in [-0.4, -0.2) is 20.2 Å². The van der Waals surface area contributed by atoms with Crippen molar-refractivity contribution in [2.75, 3.05) is 0 Å². The predicted molar refractivity (Wildman–Crippen MR) is 67.2 cm³/mol. The van der Waals surface area contributed by atoms with Crippen LogP contribution in [0, 0.1) is 0 Å². The molecule has 2 N–H and O–H groups in total. The van der Waals surface area contributed by atoms with Gasteiger partial charge >= 0.3 is 0 Å². The van der Waals surface area contributed by atoms with Crippen molar-refractivity contribution in [1.29, 1.82) is 0 Å². The van der Waals surface area contributed by atoms with Crippen LogP contribution in [0.4, 0.5) is 0 Å². The summed E-state index contributed by atoms with van der Waals surface area (Å²) in [6, 6.07) is 5.56. The fourth-order valence-corrected chi connectivity index (χ4v) is 2.06. The lowest BCUT2D eigenvalue weighted by molar-refractivity contribution is 0.687. The maximum absolute atomic E-state index is 5.79. The Balaban J connectivity index is 2.58. The molecule has 0 fully saturated rings. The third-order valence-corrected chi connectivity index (χ3v) is 3.20. The minimum absolute atomic E-state index is 0.221. The maximum Gasteiger partial charge on any atom is 0.173 e. The van der Waals surface area contributed by atoms with Crippen molar-refractivity contribution in [3.8, 4) is 5.69 Å². The first-order valence-corrected chi connectivity index (χ1v) is 6.17. The fourth-order valence-electron chi connectivity index (χ4n) is 1.30. The van der Waals surface area contributed by atoms with Crippen molar-refractivity contribution in [2.45, 2.75) is 13.0 Å². The van der Waals surface area contributed by atoms with Gasteiger partial charge in [0.05, 0.1) is 11.7 Å². The zero-order valence-corrected chi connectivity index (χ0v) is 11.6. The van der Waals surface area contributed by atoms with Gasteiger partial charge in [-0.05, 0) is 51.5 Å². The Hall–Kier alpha value is -0.790. The molecule has 0 saturated heterocycles. The van der Waals surface area contributed by atoms with Crippen molar-refractivity contribution in [3.63, 3.8) is 0 Å². The number of halogens is 2. The first-order valence-electron chi connectivity index (χ1n) is 4.59. The molecular formula is C9H9Br2N5. The minimum Gasteiger partial charge on any atom is -0.321 e. The number of nitrogens with zero attached hydrogens (tertiary/aromatic N) is 4. The van der Waals surface area contributed by atoms with Crippen molar-refractivity contribution in [1.82, 2.24) is 20.2 Å². The van der Waals surface area contributed by atoms with Crippen molar-refractivity contribution >= 4 is 31.9 Å². The summed E-state index contributed by atoms with van der Waals surface area (Å²) in [6.07, 6.45) is 0. The molecule has 1 aromatic heterocycles. The standard InChI is InChI=1S/C9H9Br2N5/c1-5(12)9-13-14-15-16(9)8-4-6(10)2-3-7(8)11/h2-5H,12H2,1H3. The molecule has 0 spiro atoms.